The lowest BCUT2D eigenvalue weighted by Crippen LogP contribution is -2.62. The van der Waals surface area contributed by atoms with Gasteiger partial charge >= 0.3 is 5.97 Å². The number of ether oxygens (including phenoxy) is 1. The van der Waals surface area contributed by atoms with Crippen molar-refractivity contribution in [1.82, 2.24) is 4.90 Å². The van der Waals surface area contributed by atoms with Crippen LogP contribution in [-0.2, 0) is 9.53 Å². The molecule has 3 aliphatic carbocycles. The average Bonchev–Trinajstić information content (AvgIpc) is 3.50. The van der Waals surface area contributed by atoms with E-state index in [1.54, 1.807) is 6.08 Å². The molecular formula is C33H35NO2. The fraction of sp³-hybridized carbons (Fsp3) is 0.364. The van der Waals surface area contributed by atoms with Crippen molar-refractivity contribution in [3.63, 3.8) is 0 Å². The number of hydrogen-bond acceptors (Lipinski definition) is 3. The summed E-state index contributed by atoms with van der Waals surface area (Å²) >= 11 is 0. The number of nitrogens with zero attached hydrogens (tertiary/aromatic N) is 1. The molecule has 0 radical (unpaired) electrons. The van der Waals surface area contributed by atoms with Crippen LogP contribution in [0.25, 0.3) is 6.08 Å². The molecular weight excluding hydrogens is 442 g/mol. The van der Waals surface area contributed by atoms with Gasteiger partial charge in [0.25, 0.3) is 0 Å². The first-order valence-corrected chi connectivity index (χ1v) is 13.5. The van der Waals surface area contributed by atoms with Crippen molar-refractivity contribution in [3.05, 3.63) is 114 Å². The van der Waals surface area contributed by atoms with Crippen LogP contribution in [-0.4, -0.2) is 35.6 Å². The molecule has 1 aliphatic heterocycles. The van der Waals surface area contributed by atoms with Gasteiger partial charge in [-0.3, -0.25) is 4.90 Å². The lowest BCUT2D eigenvalue weighted by atomic mass is 9.51. The number of esters is 1. The van der Waals surface area contributed by atoms with E-state index in [1.165, 1.54) is 24.0 Å². The van der Waals surface area contributed by atoms with Crippen LogP contribution in [0.1, 0.15) is 60.6 Å². The molecule has 7 rings (SSSR count). The van der Waals surface area contributed by atoms with E-state index >= 15 is 0 Å². The summed E-state index contributed by atoms with van der Waals surface area (Å²) in [6.45, 7) is 2.31. The highest BCUT2D eigenvalue weighted by Gasteiger charge is 2.59. The minimum absolute atomic E-state index is 0.0698. The first-order valence-electron chi connectivity index (χ1n) is 13.5. The number of carbonyl (C=O) groups excluding carboxylic acids is 1. The summed E-state index contributed by atoms with van der Waals surface area (Å²) in [6, 6.07) is 31.9. The second-order valence-electron chi connectivity index (χ2n) is 10.9. The minimum Gasteiger partial charge on any atom is -0.459 e. The third-order valence-electron chi connectivity index (χ3n) is 8.85. The number of likely N-dealkylation sites (tertiary alicyclic amines) is 1. The highest BCUT2D eigenvalue weighted by atomic mass is 16.5. The summed E-state index contributed by atoms with van der Waals surface area (Å²) in [5.41, 5.74) is 3.84. The summed E-state index contributed by atoms with van der Waals surface area (Å²) < 4.78 is 6.38. The van der Waals surface area contributed by atoms with E-state index in [4.69, 9.17) is 4.74 Å². The summed E-state index contributed by atoms with van der Waals surface area (Å²) in [5, 5.41) is 0. The molecule has 0 spiro atoms. The largest absolute Gasteiger partial charge is 0.459 e. The van der Waals surface area contributed by atoms with Crippen LogP contribution in [0.4, 0.5) is 0 Å². The maximum atomic E-state index is 13.2. The molecule has 3 aromatic rings. The van der Waals surface area contributed by atoms with Crippen LogP contribution >= 0.6 is 0 Å². The van der Waals surface area contributed by atoms with Gasteiger partial charge in [-0.25, -0.2) is 4.79 Å². The van der Waals surface area contributed by atoms with E-state index in [0.29, 0.717) is 11.8 Å². The van der Waals surface area contributed by atoms with Gasteiger partial charge in [-0.15, -0.1) is 0 Å². The molecule has 3 saturated carbocycles. The Balaban J connectivity index is 1.37. The zero-order valence-corrected chi connectivity index (χ0v) is 20.8. The molecule has 3 atom stereocenters. The molecule has 0 amide bonds. The summed E-state index contributed by atoms with van der Waals surface area (Å²) in [6.07, 6.45) is 9.14. The highest BCUT2D eigenvalue weighted by Crippen LogP contribution is 2.60. The minimum atomic E-state index is -0.230. The molecule has 3 heteroatoms. The Morgan fingerprint density at radius 2 is 1.28 bits per heavy atom. The Kier molecular flexibility index (Phi) is 6.50. The van der Waals surface area contributed by atoms with E-state index in [1.807, 2.05) is 36.4 Å². The number of benzene rings is 3. The maximum absolute atomic E-state index is 13.2. The van der Waals surface area contributed by atoms with Crippen molar-refractivity contribution in [2.45, 2.75) is 55.6 Å². The molecule has 1 heterocycles. The van der Waals surface area contributed by atoms with Gasteiger partial charge in [-0.1, -0.05) is 91.0 Å². The Labute approximate surface area is 214 Å². The smallest absolute Gasteiger partial charge is 0.331 e. The Hall–Kier alpha value is -3.17. The van der Waals surface area contributed by atoms with Gasteiger partial charge < -0.3 is 4.74 Å². The molecule has 4 aliphatic rings. The lowest BCUT2D eigenvalue weighted by Gasteiger charge is -2.61. The van der Waals surface area contributed by atoms with Gasteiger partial charge in [0.1, 0.15) is 6.10 Å². The van der Waals surface area contributed by atoms with Crippen molar-refractivity contribution in [3.8, 4) is 0 Å². The Morgan fingerprint density at radius 1 is 0.750 bits per heavy atom. The zero-order chi connectivity index (χ0) is 24.4. The van der Waals surface area contributed by atoms with E-state index < -0.39 is 0 Å². The molecule has 1 saturated heterocycles. The van der Waals surface area contributed by atoms with E-state index in [-0.39, 0.29) is 23.5 Å². The average molecular weight is 478 g/mol. The highest BCUT2D eigenvalue weighted by molar-refractivity contribution is 5.87. The third-order valence-corrected chi connectivity index (χ3v) is 8.85. The SMILES string of the molecule is O=C(/C=C/c1ccccc1)OC1CC2(N3CCCC3)CC(c3ccccc3)C1C(c1ccccc1)C2. The van der Waals surface area contributed by atoms with Gasteiger partial charge in [0.05, 0.1) is 0 Å². The molecule has 3 nitrogen and oxygen atoms in total. The summed E-state index contributed by atoms with van der Waals surface area (Å²) in [5.74, 6) is 0.783. The van der Waals surface area contributed by atoms with Gasteiger partial charge in [-0.2, -0.15) is 0 Å². The van der Waals surface area contributed by atoms with Crippen molar-refractivity contribution in [2.24, 2.45) is 5.92 Å². The quantitative estimate of drug-likeness (QED) is 0.288. The van der Waals surface area contributed by atoms with Gasteiger partial charge in [0.2, 0.25) is 0 Å². The number of rotatable bonds is 6. The number of hydrogen-bond donors (Lipinski definition) is 0. The number of carbonyl (C=O) groups is 1. The second kappa shape index (κ2) is 10.1. The first-order chi connectivity index (χ1) is 17.7. The van der Waals surface area contributed by atoms with Crippen molar-refractivity contribution in [1.29, 1.82) is 0 Å². The lowest BCUT2D eigenvalue weighted by molar-refractivity contribution is -0.162. The van der Waals surface area contributed by atoms with Crippen LogP contribution in [0, 0.1) is 5.92 Å². The van der Waals surface area contributed by atoms with E-state index in [9.17, 15) is 4.79 Å². The first kappa shape index (κ1) is 23.2. The second-order valence-corrected chi connectivity index (χ2v) is 10.9. The van der Waals surface area contributed by atoms with Crippen LogP contribution in [0.2, 0.25) is 0 Å². The molecule has 3 aromatic carbocycles. The predicted molar refractivity (Wildman–Crippen MR) is 145 cm³/mol. The Bertz CT molecular complexity index is 1130. The van der Waals surface area contributed by atoms with Crippen LogP contribution in [0.3, 0.4) is 0 Å². The topological polar surface area (TPSA) is 29.5 Å². The van der Waals surface area contributed by atoms with Crippen molar-refractivity contribution >= 4 is 12.0 Å². The molecule has 2 bridgehead atoms. The van der Waals surface area contributed by atoms with Crippen molar-refractivity contribution < 1.29 is 9.53 Å². The Morgan fingerprint density at radius 3 is 1.83 bits per heavy atom. The number of fused-ring (bicyclic) bond motifs is 3. The van der Waals surface area contributed by atoms with E-state index in [0.717, 1.165) is 37.9 Å². The van der Waals surface area contributed by atoms with Crippen LogP contribution in [0.15, 0.2) is 97.1 Å². The van der Waals surface area contributed by atoms with E-state index in [2.05, 4.69) is 65.6 Å². The third kappa shape index (κ3) is 4.53. The molecule has 184 valence electrons. The van der Waals surface area contributed by atoms with Gasteiger partial charge in [0, 0.05) is 24.0 Å². The zero-order valence-electron chi connectivity index (χ0n) is 20.8. The summed E-state index contributed by atoms with van der Waals surface area (Å²) in [4.78, 5) is 15.9. The predicted octanol–water partition coefficient (Wildman–Crippen LogP) is 6.83. The van der Waals surface area contributed by atoms with Crippen molar-refractivity contribution in [2.75, 3.05) is 13.1 Å². The van der Waals surface area contributed by atoms with Crippen LogP contribution in [0.5, 0.6) is 0 Å². The summed E-state index contributed by atoms with van der Waals surface area (Å²) in [7, 11) is 0. The fourth-order valence-corrected chi connectivity index (χ4v) is 7.35. The molecule has 0 aromatic heterocycles. The molecule has 0 N–H and O–H groups in total. The fourth-order valence-electron chi connectivity index (χ4n) is 7.35. The van der Waals surface area contributed by atoms with Crippen LogP contribution < -0.4 is 0 Å². The molecule has 4 fully saturated rings. The van der Waals surface area contributed by atoms with Gasteiger partial charge in [0.15, 0.2) is 0 Å². The standard InChI is InChI=1S/C33H35NO2/c35-31(19-18-25-12-4-1-5-13-25)36-30-24-33(34-20-10-11-21-34)22-28(26-14-6-2-7-15-26)32(30)29(23-33)27-16-8-3-9-17-27/h1-9,12-19,28-30,32H,10-11,20-24H2/b19-18+. The molecule has 36 heavy (non-hydrogen) atoms. The van der Waals surface area contributed by atoms with Gasteiger partial charge in [-0.05, 0) is 73.4 Å². The maximum Gasteiger partial charge on any atom is 0.331 e. The monoisotopic (exact) mass is 477 g/mol. The molecule has 3 unspecified atom stereocenters. The normalized spacial score (nSPS) is 30.0.